The average molecular weight is 287 g/mol. The van der Waals surface area contributed by atoms with Gasteiger partial charge in [0.15, 0.2) is 5.78 Å². The molecule has 20 heavy (non-hydrogen) atoms. The largest absolute Gasteiger partial charge is 0.289 e. The summed E-state index contributed by atoms with van der Waals surface area (Å²) >= 11 is 6.15. The Hall–Kier alpha value is -1.60. The highest BCUT2D eigenvalue weighted by Gasteiger charge is 2.12. The molecule has 104 valence electrons. The molecular formula is C18H19ClO. The van der Waals surface area contributed by atoms with Crippen LogP contribution in [0.3, 0.4) is 0 Å². The van der Waals surface area contributed by atoms with E-state index in [1.165, 1.54) is 18.4 Å². The summed E-state index contributed by atoms with van der Waals surface area (Å²) in [5.41, 5.74) is 3.59. The lowest BCUT2D eigenvalue weighted by Gasteiger charge is -2.06. The van der Waals surface area contributed by atoms with Gasteiger partial charge in [-0.2, -0.15) is 0 Å². The number of unbranched alkanes of at least 4 members (excludes halogenated alkanes) is 1. The van der Waals surface area contributed by atoms with Crippen LogP contribution in [0.25, 0.3) is 0 Å². The SMILES string of the molecule is CCCCc1ccc(C(=O)c2ccc(C)cc2Cl)cc1. The monoisotopic (exact) mass is 286 g/mol. The molecule has 0 aliphatic rings. The molecule has 2 aromatic rings. The van der Waals surface area contributed by atoms with Crippen molar-refractivity contribution in [2.45, 2.75) is 33.1 Å². The van der Waals surface area contributed by atoms with Gasteiger partial charge in [0.25, 0.3) is 0 Å². The number of carbonyl (C=O) groups excluding carboxylic acids is 1. The smallest absolute Gasteiger partial charge is 0.194 e. The normalized spacial score (nSPS) is 10.6. The van der Waals surface area contributed by atoms with Gasteiger partial charge in [0, 0.05) is 11.1 Å². The Balaban J connectivity index is 2.20. The van der Waals surface area contributed by atoms with Crippen LogP contribution in [-0.4, -0.2) is 5.78 Å². The molecule has 2 rings (SSSR count). The van der Waals surface area contributed by atoms with Gasteiger partial charge in [0.05, 0.1) is 5.02 Å². The summed E-state index contributed by atoms with van der Waals surface area (Å²) in [5.74, 6) is -0.0166. The molecule has 0 fully saturated rings. The second kappa shape index (κ2) is 6.71. The maximum Gasteiger partial charge on any atom is 0.194 e. The van der Waals surface area contributed by atoms with Crippen LogP contribution in [0.1, 0.15) is 46.8 Å². The second-order valence-electron chi connectivity index (χ2n) is 5.11. The molecule has 0 aliphatic heterocycles. The zero-order valence-electron chi connectivity index (χ0n) is 11.9. The number of rotatable bonds is 5. The Labute approximate surface area is 125 Å². The van der Waals surface area contributed by atoms with E-state index in [4.69, 9.17) is 11.6 Å². The fourth-order valence-corrected chi connectivity index (χ4v) is 2.48. The lowest BCUT2D eigenvalue weighted by molar-refractivity contribution is 0.103. The quantitative estimate of drug-likeness (QED) is 0.689. The number of hydrogen-bond acceptors (Lipinski definition) is 1. The van der Waals surface area contributed by atoms with E-state index in [1.807, 2.05) is 43.3 Å². The van der Waals surface area contributed by atoms with Gasteiger partial charge in [-0.1, -0.05) is 55.3 Å². The van der Waals surface area contributed by atoms with Crippen molar-refractivity contribution >= 4 is 17.4 Å². The highest BCUT2D eigenvalue weighted by molar-refractivity contribution is 6.35. The number of ketones is 1. The molecule has 0 aliphatic carbocycles. The lowest BCUT2D eigenvalue weighted by atomic mass is 10.00. The standard InChI is InChI=1S/C18H19ClO/c1-3-4-5-14-7-9-15(10-8-14)18(20)16-11-6-13(2)12-17(16)19/h6-12H,3-5H2,1-2H3. The van der Waals surface area contributed by atoms with Gasteiger partial charge in [-0.05, 0) is 43.0 Å². The summed E-state index contributed by atoms with van der Waals surface area (Å²) in [6, 6.07) is 13.4. The number of benzene rings is 2. The van der Waals surface area contributed by atoms with Crippen LogP contribution in [0.5, 0.6) is 0 Å². The van der Waals surface area contributed by atoms with Crippen LogP contribution in [0.15, 0.2) is 42.5 Å². The number of halogens is 1. The molecule has 1 nitrogen and oxygen atoms in total. The van der Waals surface area contributed by atoms with Crippen molar-refractivity contribution < 1.29 is 4.79 Å². The predicted octanol–water partition coefficient (Wildman–Crippen LogP) is 5.22. The molecule has 2 aromatic carbocycles. The van der Waals surface area contributed by atoms with E-state index in [0.717, 1.165) is 12.0 Å². The maximum absolute atomic E-state index is 12.4. The third-order valence-corrected chi connectivity index (χ3v) is 3.72. The van der Waals surface area contributed by atoms with Crippen molar-refractivity contribution in [3.63, 3.8) is 0 Å². The van der Waals surface area contributed by atoms with Crippen LogP contribution in [0.4, 0.5) is 0 Å². The summed E-state index contributed by atoms with van der Waals surface area (Å²) in [7, 11) is 0. The fourth-order valence-electron chi connectivity index (χ4n) is 2.16. The maximum atomic E-state index is 12.4. The summed E-state index contributed by atoms with van der Waals surface area (Å²) in [5, 5.41) is 0.519. The molecule has 0 saturated carbocycles. The van der Waals surface area contributed by atoms with Gasteiger partial charge in [0.2, 0.25) is 0 Å². The van der Waals surface area contributed by atoms with Crippen molar-refractivity contribution in [2.75, 3.05) is 0 Å². The Kier molecular flexibility index (Phi) is 4.97. The molecule has 0 radical (unpaired) electrons. The minimum absolute atomic E-state index is 0.0166. The summed E-state index contributed by atoms with van der Waals surface area (Å²) < 4.78 is 0. The van der Waals surface area contributed by atoms with Crippen molar-refractivity contribution in [3.8, 4) is 0 Å². The van der Waals surface area contributed by atoms with Crippen LogP contribution in [0.2, 0.25) is 5.02 Å². The van der Waals surface area contributed by atoms with Gasteiger partial charge in [-0.15, -0.1) is 0 Å². The van der Waals surface area contributed by atoms with Gasteiger partial charge < -0.3 is 0 Å². The first-order valence-corrected chi connectivity index (χ1v) is 7.39. The molecule has 0 unspecified atom stereocenters. The molecule has 0 bridgehead atoms. The van der Waals surface area contributed by atoms with Crippen LogP contribution in [-0.2, 0) is 6.42 Å². The average Bonchev–Trinajstić information content (AvgIpc) is 2.45. The third kappa shape index (κ3) is 3.49. The minimum atomic E-state index is -0.0166. The van der Waals surface area contributed by atoms with Crippen LogP contribution >= 0.6 is 11.6 Å². The molecule has 0 heterocycles. The number of aryl methyl sites for hydroxylation is 2. The van der Waals surface area contributed by atoms with Gasteiger partial charge in [-0.25, -0.2) is 0 Å². The first kappa shape index (κ1) is 14.8. The van der Waals surface area contributed by atoms with E-state index < -0.39 is 0 Å². The van der Waals surface area contributed by atoms with E-state index in [-0.39, 0.29) is 5.78 Å². The minimum Gasteiger partial charge on any atom is -0.289 e. The molecule has 0 saturated heterocycles. The Bertz CT molecular complexity index is 599. The fraction of sp³-hybridized carbons (Fsp3) is 0.278. The zero-order chi connectivity index (χ0) is 14.5. The molecule has 0 atom stereocenters. The molecule has 0 aromatic heterocycles. The Morgan fingerprint density at radius 1 is 1.10 bits per heavy atom. The van der Waals surface area contributed by atoms with Crippen molar-refractivity contribution in [1.82, 2.24) is 0 Å². The van der Waals surface area contributed by atoms with Crippen LogP contribution < -0.4 is 0 Å². The summed E-state index contributed by atoms with van der Waals surface area (Å²) in [6.07, 6.45) is 3.42. The first-order chi connectivity index (χ1) is 9.61. The van der Waals surface area contributed by atoms with Crippen LogP contribution in [0, 0.1) is 6.92 Å². The predicted molar refractivity (Wildman–Crippen MR) is 84.7 cm³/mol. The molecular weight excluding hydrogens is 268 g/mol. The Morgan fingerprint density at radius 3 is 2.40 bits per heavy atom. The van der Waals surface area contributed by atoms with Crippen molar-refractivity contribution in [1.29, 1.82) is 0 Å². The van der Waals surface area contributed by atoms with Crippen molar-refractivity contribution in [3.05, 3.63) is 69.7 Å². The second-order valence-corrected chi connectivity index (χ2v) is 5.52. The van der Waals surface area contributed by atoms with Gasteiger partial charge in [0.1, 0.15) is 0 Å². The molecule has 2 heteroatoms. The van der Waals surface area contributed by atoms with E-state index in [2.05, 4.69) is 6.92 Å². The number of hydrogen-bond donors (Lipinski definition) is 0. The Morgan fingerprint density at radius 2 is 1.80 bits per heavy atom. The summed E-state index contributed by atoms with van der Waals surface area (Å²) in [6.45, 7) is 4.14. The number of carbonyl (C=O) groups is 1. The van der Waals surface area contributed by atoms with E-state index in [9.17, 15) is 4.79 Å². The highest BCUT2D eigenvalue weighted by Crippen LogP contribution is 2.21. The van der Waals surface area contributed by atoms with Gasteiger partial charge in [-0.3, -0.25) is 4.79 Å². The topological polar surface area (TPSA) is 17.1 Å². The first-order valence-electron chi connectivity index (χ1n) is 7.01. The molecule has 0 N–H and O–H groups in total. The summed E-state index contributed by atoms with van der Waals surface area (Å²) in [4.78, 5) is 12.4. The third-order valence-electron chi connectivity index (χ3n) is 3.40. The van der Waals surface area contributed by atoms with E-state index in [0.29, 0.717) is 16.1 Å². The zero-order valence-corrected chi connectivity index (χ0v) is 12.7. The van der Waals surface area contributed by atoms with Crippen molar-refractivity contribution in [2.24, 2.45) is 0 Å². The van der Waals surface area contributed by atoms with E-state index in [1.54, 1.807) is 6.07 Å². The lowest BCUT2D eigenvalue weighted by Crippen LogP contribution is -2.02. The highest BCUT2D eigenvalue weighted by atomic mass is 35.5. The van der Waals surface area contributed by atoms with E-state index >= 15 is 0 Å². The van der Waals surface area contributed by atoms with Gasteiger partial charge >= 0.3 is 0 Å². The molecule has 0 amide bonds. The molecule has 0 spiro atoms.